The Balaban J connectivity index is 2.18. The van der Waals surface area contributed by atoms with Crippen molar-refractivity contribution in [2.75, 3.05) is 33.2 Å². The molecule has 1 fully saturated rings. The van der Waals surface area contributed by atoms with Crippen LogP contribution in [0.15, 0.2) is 24.3 Å². The SMILES string of the molecule is CC1CN(C)CCN1C(C)(CN)Cc1ccccc1F. The third kappa shape index (κ3) is 3.19. The summed E-state index contributed by atoms with van der Waals surface area (Å²) in [5.41, 5.74) is 6.62. The first-order chi connectivity index (χ1) is 9.46. The minimum Gasteiger partial charge on any atom is -0.329 e. The maximum absolute atomic E-state index is 13.9. The van der Waals surface area contributed by atoms with Crippen molar-refractivity contribution < 1.29 is 4.39 Å². The zero-order chi connectivity index (χ0) is 14.8. The van der Waals surface area contributed by atoms with Crippen molar-refractivity contribution in [3.05, 3.63) is 35.6 Å². The molecule has 2 atom stereocenters. The molecule has 20 heavy (non-hydrogen) atoms. The molecule has 2 rings (SSSR count). The molecule has 1 aromatic rings. The number of likely N-dealkylation sites (N-methyl/N-ethyl adjacent to an activating group) is 1. The van der Waals surface area contributed by atoms with E-state index in [2.05, 4.69) is 30.7 Å². The van der Waals surface area contributed by atoms with Crippen LogP contribution >= 0.6 is 0 Å². The van der Waals surface area contributed by atoms with E-state index in [9.17, 15) is 4.39 Å². The summed E-state index contributed by atoms with van der Waals surface area (Å²) in [4.78, 5) is 4.78. The molecule has 0 aromatic heterocycles. The van der Waals surface area contributed by atoms with E-state index in [1.54, 1.807) is 6.07 Å². The maximum Gasteiger partial charge on any atom is 0.126 e. The van der Waals surface area contributed by atoms with E-state index in [1.807, 2.05) is 12.1 Å². The molecule has 0 aliphatic carbocycles. The average molecular weight is 279 g/mol. The molecule has 0 radical (unpaired) electrons. The summed E-state index contributed by atoms with van der Waals surface area (Å²) in [5.74, 6) is -0.131. The summed E-state index contributed by atoms with van der Waals surface area (Å²) in [6, 6.07) is 7.46. The average Bonchev–Trinajstić information content (AvgIpc) is 2.41. The lowest BCUT2D eigenvalue weighted by molar-refractivity contribution is 0.0124. The Bertz CT molecular complexity index is 451. The van der Waals surface area contributed by atoms with E-state index in [-0.39, 0.29) is 11.4 Å². The molecule has 1 aliphatic heterocycles. The Labute approximate surface area is 121 Å². The number of nitrogens with two attached hydrogens (primary N) is 1. The van der Waals surface area contributed by atoms with Crippen LogP contribution in [0.3, 0.4) is 0 Å². The van der Waals surface area contributed by atoms with Gasteiger partial charge in [-0.25, -0.2) is 4.39 Å². The van der Waals surface area contributed by atoms with E-state index in [4.69, 9.17) is 5.73 Å². The molecule has 112 valence electrons. The van der Waals surface area contributed by atoms with E-state index >= 15 is 0 Å². The molecule has 0 bridgehead atoms. The Morgan fingerprint density at radius 1 is 1.35 bits per heavy atom. The molecule has 0 amide bonds. The zero-order valence-corrected chi connectivity index (χ0v) is 12.8. The van der Waals surface area contributed by atoms with E-state index in [0.29, 0.717) is 19.0 Å². The quantitative estimate of drug-likeness (QED) is 0.911. The van der Waals surface area contributed by atoms with Gasteiger partial charge in [0, 0.05) is 37.8 Å². The van der Waals surface area contributed by atoms with Gasteiger partial charge in [-0.1, -0.05) is 18.2 Å². The molecule has 1 heterocycles. The van der Waals surface area contributed by atoms with Gasteiger partial charge in [0.25, 0.3) is 0 Å². The van der Waals surface area contributed by atoms with Crippen LogP contribution in [0.4, 0.5) is 4.39 Å². The highest BCUT2D eigenvalue weighted by molar-refractivity contribution is 5.20. The molecule has 1 aromatic carbocycles. The first-order valence-electron chi connectivity index (χ1n) is 7.35. The highest BCUT2D eigenvalue weighted by atomic mass is 19.1. The Hall–Kier alpha value is -0.970. The molecule has 0 spiro atoms. The lowest BCUT2D eigenvalue weighted by Crippen LogP contribution is -2.63. The standard InChI is InChI=1S/C16H26FN3/c1-13-11-19(3)8-9-20(13)16(2,12-18)10-14-6-4-5-7-15(14)17/h4-7,13H,8-12,18H2,1-3H3. The molecule has 2 N–H and O–H groups in total. The van der Waals surface area contributed by atoms with Gasteiger partial charge in [0.2, 0.25) is 0 Å². The number of hydrogen-bond donors (Lipinski definition) is 1. The van der Waals surface area contributed by atoms with Crippen LogP contribution in [0.5, 0.6) is 0 Å². The summed E-state index contributed by atoms with van der Waals surface area (Å²) in [6.07, 6.45) is 0.657. The molecule has 0 saturated carbocycles. The lowest BCUT2D eigenvalue weighted by Gasteiger charge is -2.49. The molecular weight excluding hydrogens is 253 g/mol. The molecule has 3 nitrogen and oxygen atoms in total. The lowest BCUT2D eigenvalue weighted by atomic mass is 9.88. The van der Waals surface area contributed by atoms with Crippen molar-refractivity contribution in [3.63, 3.8) is 0 Å². The fourth-order valence-corrected chi connectivity index (χ4v) is 3.28. The molecule has 1 aliphatic rings. The van der Waals surface area contributed by atoms with Gasteiger partial charge >= 0.3 is 0 Å². The van der Waals surface area contributed by atoms with E-state index < -0.39 is 0 Å². The zero-order valence-electron chi connectivity index (χ0n) is 12.8. The van der Waals surface area contributed by atoms with Crippen LogP contribution < -0.4 is 5.73 Å². The van der Waals surface area contributed by atoms with Gasteiger partial charge in [0.1, 0.15) is 5.82 Å². The third-order valence-corrected chi connectivity index (χ3v) is 4.49. The number of rotatable bonds is 4. The van der Waals surface area contributed by atoms with Crippen molar-refractivity contribution in [3.8, 4) is 0 Å². The first kappa shape index (κ1) is 15.4. The summed E-state index contributed by atoms with van der Waals surface area (Å²) in [6.45, 7) is 7.98. The number of piperazine rings is 1. The number of halogens is 1. The molecule has 2 unspecified atom stereocenters. The molecular formula is C16H26FN3. The van der Waals surface area contributed by atoms with Crippen molar-refractivity contribution in [2.45, 2.75) is 31.8 Å². The van der Waals surface area contributed by atoms with Crippen LogP contribution in [-0.4, -0.2) is 54.6 Å². The number of hydrogen-bond acceptors (Lipinski definition) is 3. The summed E-state index contributed by atoms with van der Waals surface area (Å²) in [7, 11) is 2.14. The maximum atomic E-state index is 13.9. The predicted octanol–water partition coefficient (Wildman–Crippen LogP) is 1.72. The number of benzene rings is 1. The monoisotopic (exact) mass is 279 g/mol. The largest absolute Gasteiger partial charge is 0.329 e. The fraction of sp³-hybridized carbons (Fsp3) is 0.625. The van der Waals surface area contributed by atoms with Gasteiger partial charge < -0.3 is 10.6 Å². The van der Waals surface area contributed by atoms with Crippen molar-refractivity contribution >= 4 is 0 Å². The fourth-order valence-electron chi connectivity index (χ4n) is 3.28. The minimum absolute atomic E-state index is 0.131. The van der Waals surface area contributed by atoms with Crippen LogP contribution in [0.25, 0.3) is 0 Å². The smallest absolute Gasteiger partial charge is 0.126 e. The summed E-state index contributed by atoms with van der Waals surface area (Å²) < 4.78 is 13.9. The second-order valence-corrected chi connectivity index (χ2v) is 6.27. The van der Waals surface area contributed by atoms with Crippen LogP contribution in [0, 0.1) is 5.82 Å². The highest BCUT2D eigenvalue weighted by Gasteiger charge is 2.36. The van der Waals surface area contributed by atoms with Crippen molar-refractivity contribution in [1.29, 1.82) is 0 Å². The second kappa shape index (κ2) is 6.20. The highest BCUT2D eigenvalue weighted by Crippen LogP contribution is 2.25. The van der Waals surface area contributed by atoms with Gasteiger partial charge in [-0.2, -0.15) is 0 Å². The first-order valence-corrected chi connectivity index (χ1v) is 7.35. The van der Waals surface area contributed by atoms with Gasteiger partial charge in [0.05, 0.1) is 0 Å². The van der Waals surface area contributed by atoms with Crippen molar-refractivity contribution in [2.24, 2.45) is 5.73 Å². The van der Waals surface area contributed by atoms with Gasteiger partial charge in [0.15, 0.2) is 0 Å². The van der Waals surface area contributed by atoms with Crippen LogP contribution in [-0.2, 0) is 6.42 Å². The normalized spacial score (nSPS) is 24.6. The number of nitrogens with zero attached hydrogens (tertiary/aromatic N) is 2. The van der Waals surface area contributed by atoms with Crippen molar-refractivity contribution in [1.82, 2.24) is 9.80 Å². The van der Waals surface area contributed by atoms with Crippen LogP contribution in [0.2, 0.25) is 0 Å². The minimum atomic E-state index is -0.192. The topological polar surface area (TPSA) is 32.5 Å². The van der Waals surface area contributed by atoms with Gasteiger partial charge in [-0.15, -0.1) is 0 Å². The van der Waals surface area contributed by atoms with Gasteiger partial charge in [-0.05, 0) is 38.9 Å². The summed E-state index contributed by atoms with van der Waals surface area (Å²) in [5, 5.41) is 0. The van der Waals surface area contributed by atoms with E-state index in [1.165, 1.54) is 6.07 Å². The third-order valence-electron chi connectivity index (χ3n) is 4.49. The Morgan fingerprint density at radius 2 is 2.05 bits per heavy atom. The Kier molecular flexibility index (Phi) is 4.78. The Morgan fingerprint density at radius 3 is 2.65 bits per heavy atom. The summed E-state index contributed by atoms with van der Waals surface area (Å²) >= 11 is 0. The van der Waals surface area contributed by atoms with E-state index in [0.717, 1.165) is 25.2 Å². The van der Waals surface area contributed by atoms with Crippen LogP contribution in [0.1, 0.15) is 19.4 Å². The van der Waals surface area contributed by atoms with Gasteiger partial charge in [-0.3, -0.25) is 4.90 Å². The second-order valence-electron chi connectivity index (χ2n) is 6.27. The molecule has 4 heteroatoms. The predicted molar refractivity (Wildman–Crippen MR) is 81.2 cm³/mol. The molecule has 1 saturated heterocycles.